The Morgan fingerprint density at radius 3 is 3.00 bits per heavy atom. The highest BCUT2D eigenvalue weighted by atomic mass is 16.5. The fraction of sp³-hybridized carbons (Fsp3) is 1.00. The molecule has 96 valence electrons. The molecule has 1 saturated heterocycles. The minimum Gasteiger partial charge on any atom is -0.378 e. The second-order valence-corrected chi connectivity index (χ2v) is 5.05. The van der Waals surface area contributed by atoms with Gasteiger partial charge in [-0.25, -0.2) is 0 Å². The maximum Gasteiger partial charge on any atom is 0.0613 e. The Labute approximate surface area is 100 Å². The molecule has 3 nitrogen and oxygen atoms in total. The van der Waals surface area contributed by atoms with E-state index in [0.717, 1.165) is 38.6 Å². The fourth-order valence-electron chi connectivity index (χ4n) is 2.36. The maximum absolute atomic E-state index is 5.67. The molecule has 3 atom stereocenters. The second kappa shape index (κ2) is 8.04. The predicted octanol–water partition coefficient (Wildman–Crippen LogP) is 1.77. The average molecular weight is 228 g/mol. The number of rotatable bonds is 8. The zero-order chi connectivity index (χ0) is 11.8. The summed E-state index contributed by atoms with van der Waals surface area (Å²) in [6, 6.07) is 0. The van der Waals surface area contributed by atoms with E-state index in [0.29, 0.717) is 12.0 Å². The molecule has 0 aliphatic carbocycles. The Bertz CT molecular complexity index is 175. The van der Waals surface area contributed by atoms with E-state index in [1.165, 1.54) is 19.3 Å². The molecule has 0 spiro atoms. The van der Waals surface area contributed by atoms with Gasteiger partial charge >= 0.3 is 0 Å². The molecule has 0 aromatic rings. The van der Waals surface area contributed by atoms with E-state index in [4.69, 9.17) is 10.5 Å². The van der Waals surface area contributed by atoms with Crippen molar-refractivity contribution in [1.29, 1.82) is 0 Å². The Morgan fingerprint density at radius 2 is 2.31 bits per heavy atom. The van der Waals surface area contributed by atoms with Gasteiger partial charge < -0.3 is 15.8 Å². The van der Waals surface area contributed by atoms with E-state index in [1.807, 2.05) is 0 Å². The lowest BCUT2D eigenvalue weighted by molar-refractivity contribution is 0.0873. The van der Waals surface area contributed by atoms with Crippen LogP contribution in [-0.2, 0) is 4.74 Å². The van der Waals surface area contributed by atoms with Crippen molar-refractivity contribution in [2.24, 2.45) is 17.6 Å². The van der Waals surface area contributed by atoms with Crippen molar-refractivity contribution in [2.75, 3.05) is 26.2 Å². The third-order valence-electron chi connectivity index (χ3n) is 3.61. The number of hydrogen-bond acceptors (Lipinski definition) is 3. The van der Waals surface area contributed by atoms with Crippen LogP contribution in [0.4, 0.5) is 0 Å². The van der Waals surface area contributed by atoms with Crippen molar-refractivity contribution in [3.8, 4) is 0 Å². The summed E-state index contributed by atoms with van der Waals surface area (Å²) in [5.74, 6) is 1.40. The van der Waals surface area contributed by atoms with E-state index >= 15 is 0 Å². The molecule has 0 radical (unpaired) electrons. The molecule has 1 aliphatic heterocycles. The summed E-state index contributed by atoms with van der Waals surface area (Å²) in [7, 11) is 0. The molecule has 1 aliphatic rings. The van der Waals surface area contributed by atoms with Crippen LogP contribution in [0.5, 0.6) is 0 Å². The van der Waals surface area contributed by atoms with Crippen LogP contribution in [0.1, 0.15) is 39.5 Å². The lowest BCUT2D eigenvalue weighted by Crippen LogP contribution is -2.29. The number of nitrogens with two attached hydrogens (primary N) is 1. The molecular formula is C13H28N2O. The highest BCUT2D eigenvalue weighted by molar-refractivity contribution is 4.76. The summed E-state index contributed by atoms with van der Waals surface area (Å²) in [5, 5.41) is 3.55. The molecule has 3 N–H and O–H groups in total. The minimum atomic E-state index is 0.496. The van der Waals surface area contributed by atoms with Gasteiger partial charge in [-0.2, -0.15) is 0 Å². The van der Waals surface area contributed by atoms with Crippen LogP contribution in [-0.4, -0.2) is 32.3 Å². The van der Waals surface area contributed by atoms with Crippen LogP contribution in [0, 0.1) is 11.8 Å². The second-order valence-electron chi connectivity index (χ2n) is 5.05. The van der Waals surface area contributed by atoms with Gasteiger partial charge in [-0.1, -0.05) is 13.8 Å². The van der Waals surface area contributed by atoms with Gasteiger partial charge in [0.25, 0.3) is 0 Å². The Hall–Kier alpha value is -0.120. The Morgan fingerprint density at radius 1 is 1.50 bits per heavy atom. The van der Waals surface area contributed by atoms with Crippen molar-refractivity contribution in [2.45, 2.75) is 45.6 Å². The first-order valence-corrected chi connectivity index (χ1v) is 6.80. The summed E-state index contributed by atoms with van der Waals surface area (Å²) < 4.78 is 5.67. The lowest BCUT2D eigenvalue weighted by Gasteiger charge is -2.17. The molecule has 0 aromatic heterocycles. The normalized spacial score (nSPS) is 27.2. The summed E-state index contributed by atoms with van der Waals surface area (Å²) in [4.78, 5) is 0. The van der Waals surface area contributed by atoms with Gasteiger partial charge in [-0.3, -0.25) is 0 Å². The van der Waals surface area contributed by atoms with E-state index in [-0.39, 0.29) is 0 Å². The third kappa shape index (κ3) is 4.81. The van der Waals surface area contributed by atoms with Crippen LogP contribution < -0.4 is 11.1 Å². The van der Waals surface area contributed by atoms with E-state index < -0.39 is 0 Å². The van der Waals surface area contributed by atoms with Gasteiger partial charge in [0.2, 0.25) is 0 Å². The molecule has 1 rings (SSSR count). The molecular weight excluding hydrogens is 200 g/mol. The van der Waals surface area contributed by atoms with Crippen LogP contribution in [0.2, 0.25) is 0 Å². The van der Waals surface area contributed by atoms with Gasteiger partial charge in [0.1, 0.15) is 0 Å². The lowest BCUT2D eigenvalue weighted by atomic mass is 9.99. The fourth-order valence-corrected chi connectivity index (χ4v) is 2.36. The first-order chi connectivity index (χ1) is 7.77. The van der Waals surface area contributed by atoms with Gasteiger partial charge in [0, 0.05) is 13.2 Å². The predicted molar refractivity (Wildman–Crippen MR) is 68.5 cm³/mol. The van der Waals surface area contributed by atoms with Crippen LogP contribution >= 0.6 is 0 Å². The van der Waals surface area contributed by atoms with Gasteiger partial charge in [0.15, 0.2) is 0 Å². The van der Waals surface area contributed by atoms with Crippen LogP contribution in [0.15, 0.2) is 0 Å². The summed E-state index contributed by atoms with van der Waals surface area (Å²) in [6.45, 7) is 8.44. The molecule has 3 unspecified atom stereocenters. The molecule has 16 heavy (non-hydrogen) atoms. The zero-order valence-electron chi connectivity index (χ0n) is 10.9. The highest BCUT2D eigenvalue weighted by Gasteiger charge is 2.25. The summed E-state index contributed by atoms with van der Waals surface area (Å²) in [6.07, 6.45) is 5.35. The molecule has 0 amide bonds. The van der Waals surface area contributed by atoms with Crippen molar-refractivity contribution in [3.05, 3.63) is 0 Å². The van der Waals surface area contributed by atoms with Crippen molar-refractivity contribution in [1.82, 2.24) is 5.32 Å². The number of ether oxygens (including phenoxy) is 1. The van der Waals surface area contributed by atoms with Gasteiger partial charge in [-0.05, 0) is 50.6 Å². The molecule has 3 heteroatoms. The summed E-state index contributed by atoms with van der Waals surface area (Å²) >= 11 is 0. The van der Waals surface area contributed by atoms with E-state index in [9.17, 15) is 0 Å². The van der Waals surface area contributed by atoms with Crippen molar-refractivity contribution >= 4 is 0 Å². The van der Waals surface area contributed by atoms with Gasteiger partial charge in [-0.15, -0.1) is 0 Å². The first-order valence-electron chi connectivity index (χ1n) is 6.80. The quantitative estimate of drug-likeness (QED) is 0.622. The average Bonchev–Trinajstić information content (AvgIpc) is 2.75. The van der Waals surface area contributed by atoms with Crippen molar-refractivity contribution < 1.29 is 4.74 Å². The SMILES string of the molecule is CCC1OCCC1CNCCCC(C)CN. The minimum absolute atomic E-state index is 0.496. The zero-order valence-corrected chi connectivity index (χ0v) is 10.9. The smallest absolute Gasteiger partial charge is 0.0613 e. The monoisotopic (exact) mass is 228 g/mol. The Balaban J connectivity index is 1.98. The number of nitrogens with one attached hydrogen (secondary N) is 1. The largest absolute Gasteiger partial charge is 0.378 e. The van der Waals surface area contributed by atoms with Crippen LogP contribution in [0.25, 0.3) is 0 Å². The topological polar surface area (TPSA) is 47.3 Å². The van der Waals surface area contributed by atoms with E-state index in [1.54, 1.807) is 0 Å². The molecule has 0 saturated carbocycles. The molecule has 0 aromatic carbocycles. The van der Waals surface area contributed by atoms with Crippen LogP contribution in [0.3, 0.4) is 0 Å². The Kier molecular flexibility index (Phi) is 7.01. The van der Waals surface area contributed by atoms with E-state index in [2.05, 4.69) is 19.2 Å². The highest BCUT2D eigenvalue weighted by Crippen LogP contribution is 2.22. The third-order valence-corrected chi connectivity index (χ3v) is 3.61. The van der Waals surface area contributed by atoms with Gasteiger partial charge in [0.05, 0.1) is 6.10 Å². The standard InChI is InChI=1S/C13H28N2O/c1-3-13-12(6-8-16-13)10-15-7-4-5-11(2)9-14/h11-13,15H,3-10,14H2,1-2H3. The number of hydrogen-bond donors (Lipinski definition) is 2. The molecule has 1 fully saturated rings. The van der Waals surface area contributed by atoms with Crippen molar-refractivity contribution in [3.63, 3.8) is 0 Å². The first kappa shape index (κ1) is 13.9. The maximum atomic E-state index is 5.67. The molecule has 1 heterocycles. The summed E-state index contributed by atoms with van der Waals surface area (Å²) in [5.41, 5.74) is 5.59. The molecule has 0 bridgehead atoms.